The van der Waals surface area contributed by atoms with Crippen molar-refractivity contribution in [2.45, 2.75) is 26.3 Å². The van der Waals surface area contributed by atoms with Crippen molar-refractivity contribution in [2.24, 2.45) is 0 Å². The molecule has 2 nitrogen and oxygen atoms in total. The molecule has 0 radical (unpaired) electrons. The lowest BCUT2D eigenvalue weighted by molar-refractivity contribution is 0.400. The Morgan fingerprint density at radius 2 is 2.10 bits per heavy atom. The van der Waals surface area contributed by atoms with Gasteiger partial charge in [0.15, 0.2) is 0 Å². The first kappa shape index (κ1) is 16.5. The maximum absolute atomic E-state index is 13.7. The second kappa shape index (κ2) is 7.38. The predicted octanol–water partition coefficient (Wildman–Crippen LogP) is 5.06. The molecule has 2 rings (SSSR count). The third-order valence-electron chi connectivity index (χ3n) is 3.39. The molecule has 1 N–H and O–H groups in total. The van der Waals surface area contributed by atoms with Crippen LogP contribution in [0.2, 0.25) is 0 Å². The number of hydrogen-bond donors (Lipinski definition) is 1. The average Bonchev–Trinajstić information content (AvgIpc) is 2.89. The Bertz CT molecular complexity index is 614. The number of rotatable bonds is 6. The first-order chi connectivity index (χ1) is 10.1. The van der Waals surface area contributed by atoms with E-state index in [9.17, 15) is 4.39 Å². The summed E-state index contributed by atoms with van der Waals surface area (Å²) < 4.78 is 19.6. The van der Waals surface area contributed by atoms with Crippen LogP contribution in [0.3, 0.4) is 0 Å². The lowest BCUT2D eigenvalue weighted by Gasteiger charge is -2.22. The highest BCUT2D eigenvalue weighted by Gasteiger charge is 2.21. The minimum Gasteiger partial charge on any atom is -0.496 e. The molecule has 1 heterocycles. The number of methoxy groups -OCH3 is 1. The number of aryl methyl sites for hydroxylation is 1. The fourth-order valence-corrected chi connectivity index (χ4v) is 3.53. The van der Waals surface area contributed by atoms with E-state index in [2.05, 4.69) is 45.9 Å². The van der Waals surface area contributed by atoms with Crippen LogP contribution in [-0.2, 0) is 0 Å². The van der Waals surface area contributed by atoms with Crippen molar-refractivity contribution in [3.05, 3.63) is 49.9 Å². The van der Waals surface area contributed by atoms with Crippen LogP contribution in [0.4, 0.5) is 4.39 Å². The first-order valence-electron chi connectivity index (χ1n) is 6.87. The largest absolute Gasteiger partial charge is 0.496 e. The summed E-state index contributed by atoms with van der Waals surface area (Å²) in [6.45, 7) is 5.11. The van der Waals surface area contributed by atoms with Gasteiger partial charge in [0, 0.05) is 11.6 Å². The molecule has 0 saturated carbocycles. The maximum atomic E-state index is 13.7. The van der Waals surface area contributed by atoms with Gasteiger partial charge in [-0.05, 0) is 63.8 Å². The minimum absolute atomic E-state index is 0.00282. The summed E-state index contributed by atoms with van der Waals surface area (Å²) in [4.78, 5) is 0. The Morgan fingerprint density at radius 3 is 2.67 bits per heavy atom. The SMILES string of the molecule is CCCNC(c1cscc1C)c1cc(Br)c(F)cc1OC. The zero-order chi connectivity index (χ0) is 15.4. The van der Waals surface area contributed by atoms with Crippen LogP contribution in [0.1, 0.15) is 36.1 Å². The molecule has 1 aromatic heterocycles. The highest BCUT2D eigenvalue weighted by molar-refractivity contribution is 9.10. The Labute approximate surface area is 137 Å². The molecular formula is C16H19BrFNOS. The highest BCUT2D eigenvalue weighted by Crippen LogP contribution is 2.36. The van der Waals surface area contributed by atoms with Crippen molar-refractivity contribution in [1.29, 1.82) is 0 Å². The smallest absolute Gasteiger partial charge is 0.141 e. The Balaban J connectivity index is 2.51. The molecule has 1 aromatic carbocycles. The van der Waals surface area contributed by atoms with Crippen molar-refractivity contribution in [1.82, 2.24) is 5.32 Å². The lowest BCUT2D eigenvalue weighted by Crippen LogP contribution is -2.24. The minimum atomic E-state index is -0.313. The van der Waals surface area contributed by atoms with E-state index < -0.39 is 0 Å². The Morgan fingerprint density at radius 1 is 1.33 bits per heavy atom. The van der Waals surface area contributed by atoms with Gasteiger partial charge in [-0.1, -0.05) is 6.92 Å². The molecule has 5 heteroatoms. The number of nitrogens with one attached hydrogen (secondary N) is 1. The van der Waals surface area contributed by atoms with Crippen LogP contribution in [0.25, 0.3) is 0 Å². The van der Waals surface area contributed by atoms with Crippen molar-refractivity contribution >= 4 is 27.3 Å². The van der Waals surface area contributed by atoms with Gasteiger partial charge in [0.2, 0.25) is 0 Å². The predicted molar refractivity (Wildman–Crippen MR) is 89.8 cm³/mol. The molecule has 114 valence electrons. The summed E-state index contributed by atoms with van der Waals surface area (Å²) in [6, 6.07) is 3.24. The van der Waals surface area contributed by atoms with Crippen molar-refractivity contribution in [3.63, 3.8) is 0 Å². The van der Waals surface area contributed by atoms with Gasteiger partial charge in [0.25, 0.3) is 0 Å². The van der Waals surface area contributed by atoms with E-state index in [4.69, 9.17) is 4.74 Å². The van der Waals surface area contributed by atoms with E-state index >= 15 is 0 Å². The molecule has 1 atom stereocenters. The van der Waals surface area contributed by atoms with Crippen molar-refractivity contribution < 1.29 is 9.13 Å². The quantitative estimate of drug-likeness (QED) is 0.766. The molecule has 0 spiro atoms. The number of halogens is 2. The normalized spacial score (nSPS) is 12.4. The molecule has 21 heavy (non-hydrogen) atoms. The van der Waals surface area contributed by atoms with Crippen LogP contribution >= 0.6 is 27.3 Å². The van der Waals surface area contributed by atoms with Gasteiger partial charge in [-0.15, -0.1) is 0 Å². The monoisotopic (exact) mass is 371 g/mol. The lowest BCUT2D eigenvalue weighted by atomic mass is 9.97. The fraction of sp³-hybridized carbons (Fsp3) is 0.375. The van der Waals surface area contributed by atoms with Crippen LogP contribution in [-0.4, -0.2) is 13.7 Å². The number of benzene rings is 1. The van der Waals surface area contributed by atoms with Crippen LogP contribution in [0.15, 0.2) is 27.4 Å². The molecular weight excluding hydrogens is 353 g/mol. The van der Waals surface area contributed by atoms with Gasteiger partial charge in [0.05, 0.1) is 17.6 Å². The van der Waals surface area contributed by atoms with E-state index in [-0.39, 0.29) is 11.9 Å². The second-order valence-corrected chi connectivity index (χ2v) is 6.50. The first-order valence-corrected chi connectivity index (χ1v) is 8.61. The second-order valence-electron chi connectivity index (χ2n) is 4.91. The molecule has 2 aromatic rings. The number of thiophene rings is 1. The average molecular weight is 372 g/mol. The molecule has 0 aliphatic rings. The summed E-state index contributed by atoms with van der Waals surface area (Å²) in [6.07, 6.45) is 1.03. The third kappa shape index (κ3) is 3.65. The Kier molecular flexibility index (Phi) is 5.79. The number of hydrogen-bond acceptors (Lipinski definition) is 3. The molecule has 1 unspecified atom stereocenters. The summed E-state index contributed by atoms with van der Waals surface area (Å²) in [5.41, 5.74) is 3.39. The summed E-state index contributed by atoms with van der Waals surface area (Å²) in [5, 5.41) is 7.80. The van der Waals surface area contributed by atoms with Gasteiger partial charge >= 0.3 is 0 Å². The molecule has 0 aliphatic carbocycles. The van der Waals surface area contributed by atoms with E-state index in [1.807, 2.05) is 0 Å². The molecule has 0 amide bonds. The summed E-state index contributed by atoms with van der Waals surface area (Å²) in [5.74, 6) is 0.252. The highest BCUT2D eigenvalue weighted by atomic mass is 79.9. The van der Waals surface area contributed by atoms with E-state index in [0.717, 1.165) is 18.5 Å². The van der Waals surface area contributed by atoms with Crippen LogP contribution < -0.4 is 10.1 Å². The van der Waals surface area contributed by atoms with Crippen molar-refractivity contribution in [3.8, 4) is 5.75 Å². The zero-order valence-electron chi connectivity index (χ0n) is 12.4. The van der Waals surface area contributed by atoms with Crippen molar-refractivity contribution in [2.75, 3.05) is 13.7 Å². The number of ether oxygens (including phenoxy) is 1. The molecule has 0 bridgehead atoms. The summed E-state index contributed by atoms with van der Waals surface area (Å²) in [7, 11) is 1.57. The summed E-state index contributed by atoms with van der Waals surface area (Å²) >= 11 is 4.95. The van der Waals surface area contributed by atoms with Gasteiger partial charge in [-0.2, -0.15) is 11.3 Å². The van der Waals surface area contributed by atoms with Gasteiger partial charge < -0.3 is 10.1 Å². The molecule has 0 fully saturated rings. The molecule has 0 aliphatic heterocycles. The Hall–Kier alpha value is -0.910. The van der Waals surface area contributed by atoms with Gasteiger partial charge in [-0.25, -0.2) is 4.39 Å². The zero-order valence-corrected chi connectivity index (χ0v) is 14.8. The topological polar surface area (TPSA) is 21.3 Å². The maximum Gasteiger partial charge on any atom is 0.141 e. The van der Waals surface area contributed by atoms with Gasteiger partial charge in [-0.3, -0.25) is 0 Å². The van der Waals surface area contributed by atoms with E-state index in [0.29, 0.717) is 10.2 Å². The van der Waals surface area contributed by atoms with Crippen LogP contribution in [0.5, 0.6) is 5.75 Å². The van der Waals surface area contributed by atoms with Crippen LogP contribution in [0, 0.1) is 12.7 Å². The standard InChI is InChI=1S/C16H19BrFNOS/c1-4-5-19-16(12-9-21-8-10(12)2)11-6-13(17)14(18)7-15(11)20-3/h6-9,16,19H,4-5H2,1-3H3. The van der Waals surface area contributed by atoms with E-state index in [1.54, 1.807) is 24.5 Å². The fourth-order valence-electron chi connectivity index (χ4n) is 2.29. The van der Waals surface area contributed by atoms with Gasteiger partial charge in [0.1, 0.15) is 11.6 Å². The third-order valence-corrected chi connectivity index (χ3v) is 4.88. The van der Waals surface area contributed by atoms with E-state index in [1.165, 1.54) is 17.2 Å². The molecule has 0 saturated heterocycles.